The predicted molar refractivity (Wildman–Crippen MR) is 95.4 cm³/mol. The second-order valence-electron chi connectivity index (χ2n) is 6.45. The van der Waals surface area contributed by atoms with Crippen LogP contribution in [0.5, 0.6) is 11.5 Å². The maximum absolute atomic E-state index is 12.7. The molecule has 1 aromatic carbocycles. The van der Waals surface area contributed by atoms with Gasteiger partial charge in [0.2, 0.25) is 0 Å². The first-order valence-electron chi connectivity index (χ1n) is 8.79. The Hall–Kier alpha value is -3.30. The van der Waals surface area contributed by atoms with Gasteiger partial charge in [-0.2, -0.15) is 0 Å². The fourth-order valence-corrected chi connectivity index (χ4v) is 3.04. The number of ether oxygens (including phenoxy) is 2. The quantitative estimate of drug-likeness (QED) is 0.820. The largest absolute Gasteiger partial charge is 0.573 e. The van der Waals surface area contributed by atoms with E-state index in [1.54, 1.807) is 6.07 Å². The van der Waals surface area contributed by atoms with Gasteiger partial charge in [-0.3, -0.25) is 14.6 Å². The molecule has 1 fully saturated rings. The van der Waals surface area contributed by atoms with Crippen molar-refractivity contribution in [2.75, 3.05) is 13.1 Å². The normalized spacial score (nSPS) is 16.9. The van der Waals surface area contributed by atoms with Crippen molar-refractivity contribution in [3.05, 3.63) is 53.9 Å². The average molecular weight is 409 g/mol. The summed E-state index contributed by atoms with van der Waals surface area (Å²) in [6.07, 6.45) is -2.45. The number of pyridine rings is 1. The van der Waals surface area contributed by atoms with E-state index in [1.165, 1.54) is 29.3 Å². The molecule has 0 aliphatic carbocycles. The van der Waals surface area contributed by atoms with E-state index in [9.17, 15) is 22.8 Å². The van der Waals surface area contributed by atoms with Crippen LogP contribution in [-0.2, 0) is 0 Å². The molecule has 7 nitrogen and oxygen atoms in total. The fourth-order valence-electron chi connectivity index (χ4n) is 3.04. The molecule has 29 heavy (non-hydrogen) atoms. The number of likely N-dealkylation sites (tertiary alicyclic amines) is 1. The number of hydrogen-bond donors (Lipinski definition) is 1. The predicted octanol–water partition coefficient (Wildman–Crippen LogP) is 2.76. The van der Waals surface area contributed by atoms with Crippen molar-refractivity contribution >= 4 is 11.8 Å². The van der Waals surface area contributed by atoms with Gasteiger partial charge in [-0.05, 0) is 37.1 Å². The smallest absolute Gasteiger partial charge is 0.488 e. The molecule has 0 saturated carbocycles. The zero-order valence-electron chi connectivity index (χ0n) is 15.2. The Morgan fingerprint density at radius 3 is 2.69 bits per heavy atom. The van der Waals surface area contributed by atoms with Crippen LogP contribution in [0.1, 0.15) is 33.7 Å². The second-order valence-corrected chi connectivity index (χ2v) is 6.45. The molecule has 2 amide bonds. The van der Waals surface area contributed by atoms with Crippen molar-refractivity contribution in [3.63, 3.8) is 0 Å². The minimum absolute atomic E-state index is 0.0627. The molecule has 2 N–H and O–H groups in total. The van der Waals surface area contributed by atoms with Crippen LogP contribution in [0.15, 0.2) is 42.6 Å². The fraction of sp³-hybridized carbons (Fsp3) is 0.316. The molecule has 154 valence electrons. The first-order chi connectivity index (χ1) is 13.7. The number of carbonyl (C=O) groups is 2. The number of nitrogens with zero attached hydrogens (tertiary/aromatic N) is 2. The Kier molecular flexibility index (Phi) is 5.90. The van der Waals surface area contributed by atoms with E-state index in [4.69, 9.17) is 10.5 Å². The number of hydrogen-bond acceptors (Lipinski definition) is 5. The highest BCUT2D eigenvalue weighted by Crippen LogP contribution is 2.25. The number of alkyl halides is 3. The summed E-state index contributed by atoms with van der Waals surface area (Å²) in [5.41, 5.74) is 5.35. The number of benzene rings is 1. The molecule has 10 heteroatoms. The Morgan fingerprint density at radius 1 is 1.17 bits per heavy atom. The molecular weight excluding hydrogens is 391 g/mol. The van der Waals surface area contributed by atoms with Crippen molar-refractivity contribution in [3.8, 4) is 11.5 Å². The van der Waals surface area contributed by atoms with Crippen LogP contribution < -0.4 is 15.2 Å². The van der Waals surface area contributed by atoms with Gasteiger partial charge in [0.05, 0.1) is 6.54 Å². The molecule has 0 radical (unpaired) electrons. The summed E-state index contributed by atoms with van der Waals surface area (Å²) in [6, 6.07) is 7.94. The topological polar surface area (TPSA) is 94.8 Å². The first kappa shape index (κ1) is 20.4. The number of nitrogens with two attached hydrogens (primary N) is 1. The Labute approximate surface area is 164 Å². The van der Waals surface area contributed by atoms with E-state index < -0.39 is 23.9 Å². The van der Waals surface area contributed by atoms with Gasteiger partial charge in [0.1, 0.15) is 23.3 Å². The summed E-state index contributed by atoms with van der Waals surface area (Å²) in [5, 5.41) is 0. The average Bonchev–Trinajstić information content (AvgIpc) is 2.66. The summed E-state index contributed by atoms with van der Waals surface area (Å²) in [5.74, 6) is -1.16. The first-order valence-corrected chi connectivity index (χ1v) is 8.79. The minimum atomic E-state index is -4.83. The van der Waals surface area contributed by atoms with E-state index in [2.05, 4.69) is 9.72 Å². The second kappa shape index (κ2) is 8.38. The van der Waals surface area contributed by atoms with Crippen molar-refractivity contribution in [2.24, 2.45) is 5.73 Å². The van der Waals surface area contributed by atoms with E-state index in [0.29, 0.717) is 25.1 Å². The van der Waals surface area contributed by atoms with E-state index in [1.807, 2.05) is 0 Å². The number of halogens is 3. The van der Waals surface area contributed by atoms with Gasteiger partial charge < -0.3 is 20.1 Å². The molecule has 1 atom stereocenters. The van der Waals surface area contributed by atoms with Gasteiger partial charge in [0, 0.05) is 24.4 Å². The number of amides is 2. The van der Waals surface area contributed by atoms with E-state index in [-0.39, 0.29) is 23.9 Å². The third-order valence-electron chi connectivity index (χ3n) is 4.27. The Morgan fingerprint density at radius 2 is 1.97 bits per heavy atom. The lowest BCUT2D eigenvalue weighted by molar-refractivity contribution is -0.274. The van der Waals surface area contributed by atoms with Gasteiger partial charge in [-0.25, -0.2) is 0 Å². The lowest BCUT2D eigenvalue weighted by atomic mass is 10.1. The molecule has 1 saturated heterocycles. The molecule has 0 bridgehead atoms. The van der Waals surface area contributed by atoms with Crippen molar-refractivity contribution in [1.82, 2.24) is 9.88 Å². The summed E-state index contributed by atoms with van der Waals surface area (Å²) in [6.45, 7) is 0.698. The number of aromatic nitrogens is 1. The highest BCUT2D eigenvalue weighted by atomic mass is 19.4. The molecule has 1 aliphatic rings. The highest BCUT2D eigenvalue weighted by Gasteiger charge is 2.32. The van der Waals surface area contributed by atoms with Gasteiger partial charge >= 0.3 is 6.36 Å². The van der Waals surface area contributed by atoms with Gasteiger partial charge in [-0.1, -0.05) is 6.07 Å². The van der Waals surface area contributed by atoms with Crippen LogP contribution in [-0.4, -0.2) is 47.3 Å². The standard InChI is InChI=1S/C19H18F3N3O4/c20-19(21,22)29-14-4-1-3-12(9-14)18(27)25-8-2-5-15(11-25)28-13-6-7-24-16(10-13)17(23)26/h1,3-4,6-7,9-10,15H,2,5,8,11H2,(H2,23,26). The molecule has 1 aromatic heterocycles. The SMILES string of the molecule is NC(=O)c1cc(OC2CCCN(C(=O)c3cccc(OC(F)(F)F)c3)C2)ccn1. The summed E-state index contributed by atoms with van der Waals surface area (Å²) < 4.78 is 46.9. The molecular formula is C19H18F3N3O4. The van der Waals surface area contributed by atoms with E-state index >= 15 is 0 Å². The highest BCUT2D eigenvalue weighted by molar-refractivity contribution is 5.94. The molecule has 0 spiro atoms. The zero-order valence-corrected chi connectivity index (χ0v) is 15.2. The van der Waals surface area contributed by atoms with Crippen LogP contribution in [0.3, 0.4) is 0 Å². The maximum atomic E-state index is 12.7. The third kappa shape index (κ3) is 5.59. The van der Waals surface area contributed by atoms with Gasteiger partial charge in [-0.15, -0.1) is 13.2 Å². The minimum Gasteiger partial charge on any atom is -0.488 e. The van der Waals surface area contributed by atoms with Gasteiger partial charge in [0.15, 0.2) is 0 Å². The molecule has 1 aliphatic heterocycles. The summed E-state index contributed by atoms with van der Waals surface area (Å²) >= 11 is 0. The monoisotopic (exact) mass is 409 g/mol. The summed E-state index contributed by atoms with van der Waals surface area (Å²) in [4.78, 5) is 29.3. The lowest BCUT2D eigenvalue weighted by Gasteiger charge is -2.33. The van der Waals surface area contributed by atoms with Crippen molar-refractivity contribution < 1.29 is 32.2 Å². The van der Waals surface area contributed by atoms with Crippen LogP contribution in [0.25, 0.3) is 0 Å². The van der Waals surface area contributed by atoms with E-state index in [0.717, 1.165) is 12.1 Å². The summed E-state index contributed by atoms with van der Waals surface area (Å²) in [7, 11) is 0. The molecule has 1 unspecified atom stereocenters. The molecule has 3 rings (SSSR count). The van der Waals surface area contributed by atoms with Crippen molar-refractivity contribution in [1.29, 1.82) is 0 Å². The lowest BCUT2D eigenvalue weighted by Crippen LogP contribution is -2.44. The number of carbonyl (C=O) groups excluding carboxylic acids is 2. The molecule has 2 aromatic rings. The van der Waals surface area contributed by atoms with Crippen LogP contribution >= 0.6 is 0 Å². The zero-order chi connectivity index (χ0) is 21.0. The van der Waals surface area contributed by atoms with Crippen LogP contribution in [0.2, 0.25) is 0 Å². The molecule has 2 heterocycles. The number of piperidine rings is 1. The van der Waals surface area contributed by atoms with Crippen molar-refractivity contribution in [2.45, 2.75) is 25.3 Å². The Balaban J connectivity index is 1.67. The third-order valence-corrected chi connectivity index (χ3v) is 4.27. The number of rotatable bonds is 5. The maximum Gasteiger partial charge on any atom is 0.573 e. The van der Waals surface area contributed by atoms with Crippen LogP contribution in [0, 0.1) is 0 Å². The number of primary amides is 1. The Bertz CT molecular complexity index is 904. The van der Waals surface area contributed by atoms with Gasteiger partial charge in [0.25, 0.3) is 11.8 Å². The van der Waals surface area contributed by atoms with Crippen LogP contribution in [0.4, 0.5) is 13.2 Å².